The van der Waals surface area contributed by atoms with E-state index in [9.17, 15) is 4.79 Å². The first-order valence-corrected chi connectivity index (χ1v) is 5.53. The van der Waals surface area contributed by atoms with Crippen molar-refractivity contribution in [1.29, 1.82) is 0 Å². The van der Waals surface area contributed by atoms with Crippen LogP contribution in [-0.4, -0.2) is 15.9 Å². The van der Waals surface area contributed by atoms with Crippen molar-refractivity contribution in [3.8, 4) is 0 Å². The van der Waals surface area contributed by atoms with Gasteiger partial charge in [0.05, 0.1) is 6.04 Å². The number of imidazole rings is 1. The third kappa shape index (κ3) is 2.72. The highest BCUT2D eigenvalue weighted by atomic mass is 16.1. The Bertz CT molecular complexity index is 505. The number of rotatable bonds is 3. The molecular formula is C13H15N3O. The van der Waals surface area contributed by atoms with Gasteiger partial charge in [-0.2, -0.15) is 0 Å². The van der Waals surface area contributed by atoms with Crippen molar-refractivity contribution < 1.29 is 4.79 Å². The molecule has 0 saturated heterocycles. The van der Waals surface area contributed by atoms with E-state index in [1.807, 2.05) is 32.0 Å². The highest BCUT2D eigenvalue weighted by Crippen LogP contribution is 2.09. The first kappa shape index (κ1) is 11.4. The van der Waals surface area contributed by atoms with Gasteiger partial charge in [0, 0.05) is 18.0 Å². The number of aromatic amines is 1. The van der Waals surface area contributed by atoms with Crippen LogP contribution in [0.15, 0.2) is 36.7 Å². The van der Waals surface area contributed by atoms with Gasteiger partial charge < -0.3 is 10.3 Å². The number of H-pyrrole nitrogens is 1. The van der Waals surface area contributed by atoms with Crippen molar-refractivity contribution in [2.75, 3.05) is 0 Å². The lowest BCUT2D eigenvalue weighted by atomic mass is 10.1. The third-order valence-electron chi connectivity index (χ3n) is 2.56. The maximum absolute atomic E-state index is 11.9. The van der Waals surface area contributed by atoms with Gasteiger partial charge in [0.15, 0.2) is 0 Å². The Hall–Kier alpha value is -2.10. The molecule has 0 saturated carbocycles. The molecule has 1 amide bonds. The lowest BCUT2D eigenvalue weighted by Crippen LogP contribution is -2.27. The number of aryl methyl sites for hydroxylation is 1. The molecule has 2 aromatic rings. The Labute approximate surface area is 100 Å². The van der Waals surface area contributed by atoms with Crippen LogP contribution in [0.3, 0.4) is 0 Å². The minimum atomic E-state index is -0.127. The van der Waals surface area contributed by atoms with E-state index in [0.29, 0.717) is 5.56 Å². The Morgan fingerprint density at radius 3 is 2.94 bits per heavy atom. The van der Waals surface area contributed by atoms with Gasteiger partial charge >= 0.3 is 0 Å². The highest BCUT2D eigenvalue weighted by Gasteiger charge is 2.12. The highest BCUT2D eigenvalue weighted by molar-refractivity contribution is 5.94. The summed E-state index contributed by atoms with van der Waals surface area (Å²) in [5.74, 6) is 0.670. The number of nitrogens with zero attached hydrogens (tertiary/aromatic N) is 1. The molecule has 0 spiro atoms. The number of nitrogens with one attached hydrogen (secondary N) is 2. The van der Waals surface area contributed by atoms with E-state index in [1.165, 1.54) is 0 Å². The second-order valence-corrected chi connectivity index (χ2v) is 4.04. The third-order valence-corrected chi connectivity index (χ3v) is 2.56. The first-order valence-electron chi connectivity index (χ1n) is 5.53. The Morgan fingerprint density at radius 1 is 1.47 bits per heavy atom. The van der Waals surface area contributed by atoms with Gasteiger partial charge in [0.1, 0.15) is 5.82 Å². The molecule has 4 heteroatoms. The van der Waals surface area contributed by atoms with Crippen LogP contribution in [0.2, 0.25) is 0 Å². The minimum Gasteiger partial charge on any atom is -0.347 e. The maximum atomic E-state index is 11.9. The topological polar surface area (TPSA) is 57.8 Å². The van der Waals surface area contributed by atoms with Crippen molar-refractivity contribution in [1.82, 2.24) is 15.3 Å². The maximum Gasteiger partial charge on any atom is 0.251 e. The number of benzene rings is 1. The van der Waals surface area contributed by atoms with E-state index in [-0.39, 0.29) is 11.9 Å². The zero-order chi connectivity index (χ0) is 12.3. The van der Waals surface area contributed by atoms with Gasteiger partial charge in [0.25, 0.3) is 5.91 Å². The second kappa shape index (κ2) is 4.82. The van der Waals surface area contributed by atoms with Crippen LogP contribution in [0.5, 0.6) is 0 Å². The zero-order valence-electron chi connectivity index (χ0n) is 9.90. The summed E-state index contributed by atoms with van der Waals surface area (Å²) < 4.78 is 0. The molecule has 0 aliphatic rings. The molecule has 0 aliphatic heterocycles. The van der Waals surface area contributed by atoms with Gasteiger partial charge in [0.2, 0.25) is 0 Å². The molecule has 1 heterocycles. The average molecular weight is 229 g/mol. The van der Waals surface area contributed by atoms with Gasteiger partial charge in [-0.25, -0.2) is 4.98 Å². The molecule has 1 aromatic carbocycles. The summed E-state index contributed by atoms with van der Waals surface area (Å²) in [5.41, 5.74) is 1.74. The lowest BCUT2D eigenvalue weighted by Gasteiger charge is -2.11. The van der Waals surface area contributed by atoms with Crippen molar-refractivity contribution >= 4 is 5.91 Å². The van der Waals surface area contributed by atoms with Crippen LogP contribution in [0.25, 0.3) is 0 Å². The molecule has 1 atom stereocenters. The number of hydrogen-bond acceptors (Lipinski definition) is 2. The fourth-order valence-corrected chi connectivity index (χ4v) is 1.65. The average Bonchev–Trinajstić information content (AvgIpc) is 2.82. The van der Waals surface area contributed by atoms with Crippen LogP contribution in [0.1, 0.15) is 34.7 Å². The van der Waals surface area contributed by atoms with Crippen molar-refractivity contribution in [3.05, 3.63) is 53.6 Å². The summed E-state index contributed by atoms with van der Waals surface area (Å²) in [6, 6.07) is 7.38. The molecule has 2 rings (SSSR count). The van der Waals surface area contributed by atoms with E-state index >= 15 is 0 Å². The predicted molar refractivity (Wildman–Crippen MR) is 65.6 cm³/mol. The van der Waals surface area contributed by atoms with Crippen molar-refractivity contribution in [3.63, 3.8) is 0 Å². The molecule has 1 aromatic heterocycles. The molecule has 2 N–H and O–H groups in total. The normalized spacial score (nSPS) is 12.1. The minimum absolute atomic E-state index is 0.0856. The van der Waals surface area contributed by atoms with E-state index in [4.69, 9.17) is 0 Å². The summed E-state index contributed by atoms with van der Waals surface area (Å²) in [5, 5.41) is 2.89. The molecule has 0 radical (unpaired) electrons. The largest absolute Gasteiger partial charge is 0.347 e. The predicted octanol–water partition coefficient (Wildman–Crippen LogP) is 2.21. The molecule has 0 bridgehead atoms. The van der Waals surface area contributed by atoms with Crippen molar-refractivity contribution in [2.24, 2.45) is 0 Å². The van der Waals surface area contributed by atoms with Gasteiger partial charge in [-0.15, -0.1) is 0 Å². The summed E-state index contributed by atoms with van der Waals surface area (Å²) >= 11 is 0. The monoisotopic (exact) mass is 229 g/mol. The number of carbonyl (C=O) groups excluding carboxylic acids is 1. The Kier molecular flexibility index (Phi) is 3.23. The van der Waals surface area contributed by atoms with E-state index in [0.717, 1.165) is 11.4 Å². The van der Waals surface area contributed by atoms with Crippen LogP contribution >= 0.6 is 0 Å². The van der Waals surface area contributed by atoms with Crippen LogP contribution in [-0.2, 0) is 0 Å². The summed E-state index contributed by atoms with van der Waals surface area (Å²) in [6.07, 6.45) is 3.41. The Morgan fingerprint density at radius 2 is 2.29 bits per heavy atom. The fourth-order valence-electron chi connectivity index (χ4n) is 1.65. The standard InChI is InChI=1S/C13H15N3O/c1-9-4-3-5-11(8-9)13(17)16-10(2)12-14-6-7-15-12/h3-8,10H,1-2H3,(H,14,15)(H,16,17). The smallest absolute Gasteiger partial charge is 0.251 e. The Balaban J connectivity index is 2.07. The summed E-state index contributed by atoms with van der Waals surface area (Å²) in [7, 11) is 0. The number of hydrogen-bond donors (Lipinski definition) is 2. The molecule has 88 valence electrons. The van der Waals surface area contributed by atoms with Crippen molar-refractivity contribution in [2.45, 2.75) is 19.9 Å². The zero-order valence-corrected chi connectivity index (χ0v) is 9.90. The quantitative estimate of drug-likeness (QED) is 0.847. The summed E-state index contributed by atoms with van der Waals surface area (Å²) in [4.78, 5) is 19.0. The fraction of sp³-hybridized carbons (Fsp3) is 0.231. The van der Waals surface area contributed by atoms with E-state index in [1.54, 1.807) is 18.5 Å². The van der Waals surface area contributed by atoms with E-state index in [2.05, 4.69) is 15.3 Å². The second-order valence-electron chi connectivity index (χ2n) is 4.04. The molecule has 1 unspecified atom stereocenters. The molecule has 0 fully saturated rings. The summed E-state index contributed by atoms with van der Waals surface area (Å²) in [6.45, 7) is 3.86. The van der Waals surface area contributed by atoms with E-state index < -0.39 is 0 Å². The number of aromatic nitrogens is 2. The van der Waals surface area contributed by atoms with Gasteiger partial charge in [-0.3, -0.25) is 4.79 Å². The SMILES string of the molecule is Cc1cccc(C(=O)NC(C)c2ncc[nH]2)c1. The first-order chi connectivity index (χ1) is 8.16. The van der Waals surface area contributed by atoms with Crippen LogP contribution < -0.4 is 5.32 Å². The number of amides is 1. The molecule has 17 heavy (non-hydrogen) atoms. The molecule has 4 nitrogen and oxygen atoms in total. The van der Waals surface area contributed by atoms with Crippen LogP contribution in [0, 0.1) is 6.92 Å². The number of carbonyl (C=O) groups is 1. The van der Waals surface area contributed by atoms with Gasteiger partial charge in [-0.1, -0.05) is 17.7 Å². The van der Waals surface area contributed by atoms with Gasteiger partial charge in [-0.05, 0) is 26.0 Å². The lowest BCUT2D eigenvalue weighted by molar-refractivity contribution is 0.0938. The molecular weight excluding hydrogens is 214 g/mol. The molecule has 0 aliphatic carbocycles. The van der Waals surface area contributed by atoms with Crippen LogP contribution in [0.4, 0.5) is 0 Å².